The topological polar surface area (TPSA) is 93.0 Å². The summed E-state index contributed by atoms with van der Waals surface area (Å²) in [6.07, 6.45) is 2.23. The molecule has 0 amide bonds. The molecule has 0 saturated carbocycles. The van der Waals surface area contributed by atoms with Gasteiger partial charge in [-0.3, -0.25) is 5.10 Å². The SMILES string of the molecule is COC(=O)c1ccc(CNCCc2ncn[nH]2)o1. The second-order valence-electron chi connectivity index (χ2n) is 3.62. The van der Waals surface area contributed by atoms with Crippen molar-refractivity contribution in [2.75, 3.05) is 13.7 Å². The van der Waals surface area contributed by atoms with E-state index in [1.54, 1.807) is 12.1 Å². The van der Waals surface area contributed by atoms with Crippen molar-refractivity contribution in [3.63, 3.8) is 0 Å². The summed E-state index contributed by atoms with van der Waals surface area (Å²) in [5, 5.41) is 9.71. The Balaban J connectivity index is 1.73. The summed E-state index contributed by atoms with van der Waals surface area (Å²) in [5.41, 5.74) is 0. The number of methoxy groups -OCH3 is 1. The standard InChI is InChI=1S/C11H14N4O3/c1-17-11(16)9-3-2-8(18-9)6-12-5-4-10-13-7-14-15-10/h2-3,7,12H,4-6H2,1H3,(H,13,14,15). The average molecular weight is 250 g/mol. The number of carbonyl (C=O) groups excluding carboxylic acids is 1. The monoisotopic (exact) mass is 250 g/mol. The number of nitrogens with zero attached hydrogens (tertiary/aromatic N) is 2. The average Bonchev–Trinajstić information content (AvgIpc) is 3.05. The minimum Gasteiger partial charge on any atom is -0.463 e. The van der Waals surface area contributed by atoms with E-state index in [1.165, 1.54) is 13.4 Å². The molecule has 2 aromatic rings. The molecule has 0 radical (unpaired) electrons. The van der Waals surface area contributed by atoms with Crippen LogP contribution in [0.5, 0.6) is 0 Å². The Morgan fingerprint density at radius 3 is 3.17 bits per heavy atom. The van der Waals surface area contributed by atoms with Gasteiger partial charge in [0.15, 0.2) is 0 Å². The van der Waals surface area contributed by atoms with Crippen molar-refractivity contribution in [2.24, 2.45) is 0 Å². The van der Waals surface area contributed by atoms with Gasteiger partial charge in [0, 0.05) is 13.0 Å². The third-order valence-electron chi connectivity index (χ3n) is 2.35. The molecule has 0 bridgehead atoms. The van der Waals surface area contributed by atoms with Crippen LogP contribution in [0.2, 0.25) is 0 Å². The normalized spacial score (nSPS) is 10.5. The summed E-state index contributed by atoms with van der Waals surface area (Å²) in [4.78, 5) is 15.2. The van der Waals surface area contributed by atoms with E-state index in [2.05, 4.69) is 25.2 Å². The highest BCUT2D eigenvalue weighted by atomic mass is 16.5. The predicted octanol–water partition coefficient (Wildman–Crippen LogP) is 0.517. The third-order valence-corrected chi connectivity index (χ3v) is 2.35. The van der Waals surface area contributed by atoms with Crippen LogP contribution in [0.1, 0.15) is 22.1 Å². The van der Waals surface area contributed by atoms with Gasteiger partial charge in [0.2, 0.25) is 5.76 Å². The molecule has 0 aliphatic rings. The number of aromatic nitrogens is 3. The first-order chi connectivity index (χ1) is 8.79. The number of hydrogen-bond donors (Lipinski definition) is 2. The summed E-state index contributed by atoms with van der Waals surface area (Å²) < 4.78 is 9.85. The van der Waals surface area contributed by atoms with Gasteiger partial charge < -0.3 is 14.5 Å². The molecule has 2 aromatic heterocycles. The number of rotatable bonds is 6. The van der Waals surface area contributed by atoms with Crippen molar-refractivity contribution in [1.29, 1.82) is 0 Å². The van der Waals surface area contributed by atoms with Gasteiger partial charge in [-0.05, 0) is 12.1 Å². The molecule has 7 nitrogen and oxygen atoms in total. The number of furan rings is 1. The van der Waals surface area contributed by atoms with Crippen LogP contribution in [0.25, 0.3) is 0 Å². The molecule has 0 aromatic carbocycles. The maximum atomic E-state index is 11.2. The molecule has 2 heterocycles. The number of ether oxygens (including phenoxy) is 1. The Labute approximate surface area is 104 Å². The quantitative estimate of drug-likeness (QED) is 0.573. The fourth-order valence-corrected chi connectivity index (χ4v) is 1.45. The van der Waals surface area contributed by atoms with Crippen molar-refractivity contribution in [1.82, 2.24) is 20.5 Å². The molecule has 7 heteroatoms. The third kappa shape index (κ3) is 3.17. The van der Waals surface area contributed by atoms with Crippen LogP contribution in [0.3, 0.4) is 0 Å². The molecule has 0 unspecified atom stereocenters. The maximum absolute atomic E-state index is 11.2. The zero-order valence-electron chi connectivity index (χ0n) is 9.97. The van der Waals surface area contributed by atoms with Crippen molar-refractivity contribution in [2.45, 2.75) is 13.0 Å². The van der Waals surface area contributed by atoms with E-state index < -0.39 is 5.97 Å². The molecule has 0 spiro atoms. The molecule has 0 atom stereocenters. The zero-order chi connectivity index (χ0) is 12.8. The van der Waals surface area contributed by atoms with Crippen LogP contribution >= 0.6 is 0 Å². The van der Waals surface area contributed by atoms with Crippen molar-refractivity contribution >= 4 is 5.97 Å². The molecule has 0 fully saturated rings. The summed E-state index contributed by atoms with van der Waals surface area (Å²) in [6.45, 7) is 1.29. The zero-order valence-corrected chi connectivity index (χ0v) is 9.97. The fraction of sp³-hybridized carbons (Fsp3) is 0.364. The van der Waals surface area contributed by atoms with Crippen LogP contribution in [0.4, 0.5) is 0 Å². The lowest BCUT2D eigenvalue weighted by molar-refractivity contribution is 0.0563. The Morgan fingerprint density at radius 1 is 1.56 bits per heavy atom. The Bertz CT molecular complexity index is 492. The predicted molar refractivity (Wildman–Crippen MR) is 61.8 cm³/mol. The lowest BCUT2D eigenvalue weighted by Crippen LogP contribution is -2.16. The van der Waals surface area contributed by atoms with Gasteiger partial charge in [-0.2, -0.15) is 5.10 Å². The van der Waals surface area contributed by atoms with Crippen molar-refractivity contribution in [3.8, 4) is 0 Å². The summed E-state index contributed by atoms with van der Waals surface area (Å²) in [7, 11) is 1.32. The molecule has 0 aliphatic heterocycles. The van der Waals surface area contributed by atoms with Crippen LogP contribution in [0, 0.1) is 0 Å². The lowest BCUT2D eigenvalue weighted by Gasteiger charge is -2.00. The largest absolute Gasteiger partial charge is 0.463 e. The highest BCUT2D eigenvalue weighted by Gasteiger charge is 2.10. The van der Waals surface area contributed by atoms with Crippen molar-refractivity contribution < 1.29 is 13.9 Å². The van der Waals surface area contributed by atoms with E-state index in [0.717, 1.165) is 18.8 Å². The van der Waals surface area contributed by atoms with E-state index in [9.17, 15) is 4.79 Å². The van der Waals surface area contributed by atoms with E-state index in [1.807, 2.05) is 0 Å². The molecule has 0 aliphatic carbocycles. The van der Waals surface area contributed by atoms with Gasteiger partial charge in [0.25, 0.3) is 0 Å². The second kappa shape index (κ2) is 5.97. The molecule has 2 rings (SSSR count). The number of H-pyrrole nitrogens is 1. The number of esters is 1. The van der Waals surface area contributed by atoms with Gasteiger partial charge in [-0.1, -0.05) is 0 Å². The van der Waals surface area contributed by atoms with Gasteiger partial charge in [-0.15, -0.1) is 0 Å². The van der Waals surface area contributed by atoms with E-state index in [0.29, 0.717) is 12.3 Å². The van der Waals surface area contributed by atoms with Gasteiger partial charge >= 0.3 is 5.97 Å². The molecule has 0 saturated heterocycles. The highest BCUT2D eigenvalue weighted by Crippen LogP contribution is 2.08. The van der Waals surface area contributed by atoms with Crippen molar-refractivity contribution in [3.05, 3.63) is 35.8 Å². The first kappa shape index (κ1) is 12.3. The van der Waals surface area contributed by atoms with Crippen LogP contribution in [0.15, 0.2) is 22.9 Å². The summed E-state index contributed by atoms with van der Waals surface area (Å²) >= 11 is 0. The Kier molecular flexibility index (Phi) is 4.08. The minimum atomic E-state index is -0.470. The summed E-state index contributed by atoms with van der Waals surface area (Å²) in [5.74, 6) is 1.26. The molecular weight excluding hydrogens is 236 g/mol. The fourth-order valence-electron chi connectivity index (χ4n) is 1.45. The van der Waals surface area contributed by atoms with Crippen LogP contribution in [-0.4, -0.2) is 34.8 Å². The number of carbonyl (C=O) groups is 1. The first-order valence-corrected chi connectivity index (χ1v) is 5.51. The minimum absolute atomic E-state index is 0.213. The Morgan fingerprint density at radius 2 is 2.44 bits per heavy atom. The van der Waals surface area contributed by atoms with Gasteiger partial charge in [0.05, 0.1) is 13.7 Å². The van der Waals surface area contributed by atoms with Gasteiger partial charge in [0.1, 0.15) is 17.9 Å². The summed E-state index contributed by atoms with van der Waals surface area (Å²) in [6, 6.07) is 3.34. The number of nitrogens with one attached hydrogen (secondary N) is 2. The molecule has 18 heavy (non-hydrogen) atoms. The second-order valence-corrected chi connectivity index (χ2v) is 3.62. The smallest absolute Gasteiger partial charge is 0.373 e. The van der Waals surface area contributed by atoms with Crippen LogP contribution < -0.4 is 5.32 Å². The lowest BCUT2D eigenvalue weighted by atomic mass is 10.4. The Hall–Kier alpha value is -2.15. The first-order valence-electron chi connectivity index (χ1n) is 5.51. The molecule has 96 valence electrons. The molecular formula is C11H14N4O3. The van der Waals surface area contributed by atoms with E-state index in [4.69, 9.17) is 4.42 Å². The van der Waals surface area contributed by atoms with Crippen LogP contribution in [-0.2, 0) is 17.7 Å². The van der Waals surface area contributed by atoms with E-state index in [-0.39, 0.29) is 5.76 Å². The van der Waals surface area contributed by atoms with E-state index >= 15 is 0 Å². The molecule has 2 N–H and O–H groups in total. The maximum Gasteiger partial charge on any atom is 0.373 e. The number of hydrogen-bond acceptors (Lipinski definition) is 6. The van der Waals surface area contributed by atoms with Gasteiger partial charge in [-0.25, -0.2) is 9.78 Å². The highest BCUT2D eigenvalue weighted by molar-refractivity contribution is 5.86. The number of aromatic amines is 1.